The van der Waals surface area contributed by atoms with E-state index in [2.05, 4.69) is 4.72 Å². The Balaban J connectivity index is 1.46. The van der Waals surface area contributed by atoms with Crippen LogP contribution in [-0.4, -0.2) is 35.5 Å². The van der Waals surface area contributed by atoms with Crippen molar-refractivity contribution in [3.8, 4) is 0 Å². The fourth-order valence-electron chi connectivity index (χ4n) is 3.98. The van der Waals surface area contributed by atoms with E-state index < -0.39 is 32.8 Å². The second kappa shape index (κ2) is 9.56. The van der Waals surface area contributed by atoms with E-state index in [1.54, 1.807) is 6.07 Å². The van der Waals surface area contributed by atoms with E-state index in [9.17, 15) is 22.5 Å². The summed E-state index contributed by atoms with van der Waals surface area (Å²) >= 11 is 0. The number of carboxylic acids is 1. The van der Waals surface area contributed by atoms with Crippen LogP contribution in [0.3, 0.4) is 0 Å². The number of furan rings is 1. The molecule has 4 rings (SSSR count). The van der Waals surface area contributed by atoms with E-state index in [1.165, 1.54) is 12.1 Å². The fraction of sp³-hybridized carbons (Fsp3) is 0.348. The molecular weight excluding hydrogens is 450 g/mol. The zero-order chi connectivity index (χ0) is 22.7. The van der Waals surface area contributed by atoms with E-state index in [0.29, 0.717) is 11.3 Å². The lowest BCUT2D eigenvalue weighted by atomic mass is 9.96. The largest absolute Gasteiger partial charge is 0.480 e. The zero-order valence-corrected chi connectivity index (χ0v) is 19.1. The van der Waals surface area contributed by atoms with Crippen molar-refractivity contribution in [2.45, 2.75) is 48.8 Å². The van der Waals surface area contributed by atoms with Gasteiger partial charge in [0.25, 0.3) is 0 Å². The first-order chi connectivity index (χ1) is 15.3. The summed E-state index contributed by atoms with van der Waals surface area (Å²) in [5.74, 6) is -0.0455. The maximum absolute atomic E-state index is 12.9. The summed E-state index contributed by atoms with van der Waals surface area (Å²) in [5.41, 5.74) is 2.51. The summed E-state index contributed by atoms with van der Waals surface area (Å²) < 4.78 is 46.2. The Bertz CT molecular complexity index is 1250. The highest BCUT2D eigenvalue weighted by Gasteiger charge is 2.27. The van der Waals surface area contributed by atoms with Gasteiger partial charge in [0.2, 0.25) is 10.0 Å². The summed E-state index contributed by atoms with van der Waals surface area (Å²) in [6.45, 7) is 0. The molecule has 3 aromatic rings. The zero-order valence-electron chi connectivity index (χ0n) is 17.5. The van der Waals surface area contributed by atoms with E-state index in [4.69, 9.17) is 4.42 Å². The Labute approximate surface area is 189 Å². The lowest BCUT2D eigenvalue weighted by molar-refractivity contribution is -0.139. The third-order valence-corrected chi connectivity index (χ3v) is 8.45. The first-order valence-electron chi connectivity index (χ1n) is 10.5. The molecule has 1 aromatic heterocycles. The number of fused-ring (bicyclic) bond motifs is 3. The molecule has 1 aliphatic rings. The van der Waals surface area contributed by atoms with Gasteiger partial charge >= 0.3 is 5.97 Å². The highest BCUT2D eigenvalue weighted by atomic mass is 32.2. The van der Waals surface area contributed by atoms with Crippen molar-refractivity contribution >= 4 is 37.8 Å². The maximum atomic E-state index is 12.9. The van der Waals surface area contributed by atoms with Gasteiger partial charge in [-0.1, -0.05) is 30.3 Å². The van der Waals surface area contributed by atoms with Gasteiger partial charge in [-0.05, 0) is 43.4 Å². The fourth-order valence-corrected chi connectivity index (χ4v) is 6.43. The van der Waals surface area contributed by atoms with Crippen LogP contribution in [0.15, 0.2) is 57.8 Å². The van der Waals surface area contributed by atoms with Crippen molar-refractivity contribution in [3.05, 3.63) is 65.4 Å². The van der Waals surface area contributed by atoms with Crippen LogP contribution in [0.5, 0.6) is 0 Å². The summed E-state index contributed by atoms with van der Waals surface area (Å²) in [6, 6.07) is 12.5. The molecule has 0 saturated carbocycles. The van der Waals surface area contributed by atoms with Crippen molar-refractivity contribution in [1.82, 2.24) is 4.72 Å². The number of carboxylic acid groups (broad SMARTS) is 1. The lowest BCUT2D eigenvalue weighted by Crippen LogP contribution is -2.41. The van der Waals surface area contributed by atoms with Gasteiger partial charge < -0.3 is 9.52 Å². The molecule has 170 valence electrons. The monoisotopic (exact) mass is 475 g/mol. The number of benzene rings is 2. The van der Waals surface area contributed by atoms with E-state index in [1.807, 2.05) is 30.3 Å². The molecule has 0 radical (unpaired) electrons. The smallest absolute Gasteiger partial charge is 0.321 e. The molecule has 0 aliphatic heterocycles. The standard InChI is InChI=1S/C23H25NO6S2/c25-23(26)20(12-13-31(27)15-16-6-2-1-3-7-16)24-32(28,29)17-10-11-19-18-8-4-5-9-21(18)30-22(19)14-17/h1-3,6-7,10-11,14,20,24H,4-5,8-9,12-13,15H2,(H,25,26). The average molecular weight is 476 g/mol. The summed E-state index contributed by atoms with van der Waals surface area (Å²) in [5, 5.41) is 10.4. The molecule has 2 unspecified atom stereocenters. The van der Waals surface area contributed by atoms with Crippen LogP contribution in [0, 0.1) is 0 Å². The number of nitrogens with one attached hydrogen (secondary N) is 1. The van der Waals surface area contributed by atoms with Gasteiger partial charge in [-0.2, -0.15) is 4.72 Å². The Morgan fingerprint density at radius 2 is 1.88 bits per heavy atom. The SMILES string of the molecule is O=C(O)C(CCS(=O)Cc1ccccc1)NS(=O)(=O)c1ccc2c3c(oc2c1)CCCC3. The van der Waals surface area contributed by atoms with Crippen molar-refractivity contribution in [2.75, 3.05) is 5.75 Å². The lowest BCUT2D eigenvalue weighted by Gasteiger charge is -2.15. The van der Waals surface area contributed by atoms with Crippen LogP contribution in [0.1, 0.15) is 36.1 Å². The highest BCUT2D eigenvalue weighted by Crippen LogP contribution is 2.33. The number of aliphatic carboxylic acids is 1. The van der Waals surface area contributed by atoms with Gasteiger partial charge in [-0.25, -0.2) is 8.42 Å². The van der Waals surface area contributed by atoms with Crippen molar-refractivity contribution < 1.29 is 26.9 Å². The third-order valence-electron chi connectivity index (χ3n) is 5.64. The van der Waals surface area contributed by atoms with Gasteiger partial charge in [0.15, 0.2) is 0 Å². The molecule has 2 N–H and O–H groups in total. The molecule has 2 atom stereocenters. The van der Waals surface area contributed by atoms with Crippen LogP contribution < -0.4 is 4.72 Å². The second-order valence-electron chi connectivity index (χ2n) is 7.94. The third kappa shape index (κ3) is 5.11. The predicted octanol–water partition coefficient (Wildman–Crippen LogP) is 3.38. The number of hydrogen-bond donors (Lipinski definition) is 2. The van der Waals surface area contributed by atoms with E-state index >= 15 is 0 Å². The van der Waals surface area contributed by atoms with Crippen LogP contribution in [0.2, 0.25) is 0 Å². The molecule has 0 saturated heterocycles. The predicted molar refractivity (Wildman–Crippen MR) is 122 cm³/mol. The van der Waals surface area contributed by atoms with Crippen molar-refractivity contribution in [3.63, 3.8) is 0 Å². The molecule has 9 heteroatoms. The first kappa shape index (κ1) is 22.7. The minimum atomic E-state index is -4.09. The van der Waals surface area contributed by atoms with Gasteiger partial charge in [-0.15, -0.1) is 0 Å². The Morgan fingerprint density at radius 1 is 1.12 bits per heavy atom. The van der Waals surface area contributed by atoms with Crippen molar-refractivity contribution in [2.24, 2.45) is 0 Å². The average Bonchev–Trinajstić information content (AvgIpc) is 3.15. The van der Waals surface area contributed by atoms with Crippen LogP contribution >= 0.6 is 0 Å². The Hall–Kier alpha value is -2.49. The second-order valence-corrected chi connectivity index (χ2v) is 11.2. The molecule has 1 heterocycles. The molecular formula is C23H25NO6S2. The van der Waals surface area contributed by atoms with Crippen LogP contribution in [0.25, 0.3) is 11.0 Å². The number of sulfonamides is 1. The molecule has 0 fully saturated rings. The van der Waals surface area contributed by atoms with E-state index in [0.717, 1.165) is 48.0 Å². The number of aryl methyl sites for hydroxylation is 2. The number of rotatable bonds is 9. The molecule has 0 amide bonds. The van der Waals surface area contributed by atoms with E-state index in [-0.39, 0.29) is 17.1 Å². The normalized spacial score (nSPS) is 15.9. The number of carbonyl (C=O) groups is 1. The summed E-state index contributed by atoms with van der Waals surface area (Å²) in [7, 11) is -5.40. The molecule has 0 bridgehead atoms. The molecule has 2 aromatic carbocycles. The van der Waals surface area contributed by atoms with Crippen LogP contribution in [-0.2, 0) is 44.2 Å². The quantitative estimate of drug-likeness (QED) is 0.490. The van der Waals surface area contributed by atoms with Gasteiger partial charge in [0, 0.05) is 45.7 Å². The topological polar surface area (TPSA) is 114 Å². The van der Waals surface area contributed by atoms with Crippen LogP contribution in [0.4, 0.5) is 0 Å². The Kier molecular flexibility index (Phi) is 6.78. The summed E-state index contributed by atoms with van der Waals surface area (Å²) in [6.07, 6.45) is 3.80. The molecule has 1 aliphatic carbocycles. The van der Waals surface area contributed by atoms with Crippen molar-refractivity contribution in [1.29, 1.82) is 0 Å². The van der Waals surface area contributed by atoms with Gasteiger partial charge in [0.1, 0.15) is 17.4 Å². The molecule has 32 heavy (non-hydrogen) atoms. The maximum Gasteiger partial charge on any atom is 0.321 e. The molecule has 7 nitrogen and oxygen atoms in total. The minimum absolute atomic E-state index is 0.0484. The Morgan fingerprint density at radius 3 is 2.62 bits per heavy atom. The molecule has 0 spiro atoms. The van der Waals surface area contributed by atoms with Gasteiger partial charge in [0.05, 0.1) is 4.90 Å². The van der Waals surface area contributed by atoms with Gasteiger partial charge in [-0.3, -0.25) is 9.00 Å². The first-order valence-corrected chi connectivity index (χ1v) is 13.5. The summed E-state index contributed by atoms with van der Waals surface area (Å²) in [4.78, 5) is 11.6. The highest BCUT2D eigenvalue weighted by molar-refractivity contribution is 7.89. The number of hydrogen-bond acceptors (Lipinski definition) is 5. The minimum Gasteiger partial charge on any atom is -0.480 e.